The predicted octanol–water partition coefficient (Wildman–Crippen LogP) is 6.07. The smallest absolute Gasteiger partial charge is 0.211 e. The molecule has 0 aliphatic rings. The Morgan fingerprint density at radius 1 is 0.839 bits per heavy atom. The Balaban J connectivity index is 0.000000238. The Labute approximate surface area is 211 Å². The molecule has 1 radical (unpaired) electrons. The Hall–Kier alpha value is -1.76. The van der Waals surface area contributed by atoms with Crippen LogP contribution < -0.4 is 10.4 Å². The Morgan fingerprint density at radius 2 is 1.39 bits per heavy atom. The maximum Gasteiger partial charge on any atom is 2.00 e. The Morgan fingerprint density at radius 3 is 1.71 bits per heavy atom. The average molecular weight is 503 g/mol. The van der Waals surface area contributed by atoms with Crippen molar-refractivity contribution < 1.29 is 26.2 Å². The summed E-state index contributed by atoms with van der Waals surface area (Å²) in [6.45, 7) is 10.9. The summed E-state index contributed by atoms with van der Waals surface area (Å²) in [5.74, 6) is 0. The zero-order valence-electron chi connectivity index (χ0n) is 19.7. The van der Waals surface area contributed by atoms with Gasteiger partial charge in [-0.15, -0.1) is 0 Å². The van der Waals surface area contributed by atoms with Crippen LogP contribution in [0, 0.1) is 27.7 Å². The van der Waals surface area contributed by atoms with Gasteiger partial charge in [0.1, 0.15) is 9.52 Å². The molecular formula is C29H35SiZr. The second-order valence-corrected chi connectivity index (χ2v) is 9.39. The normalized spacial score (nSPS) is 9.58. The van der Waals surface area contributed by atoms with Crippen molar-refractivity contribution in [2.45, 2.75) is 47.5 Å². The first kappa shape index (κ1) is 27.3. The van der Waals surface area contributed by atoms with Crippen LogP contribution in [0.1, 0.15) is 41.2 Å². The molecule has 0 nitrogen and oxygen atoms in total. The minimum absolute atomic E-state index is 0. The molecule has 0 saturated carbocycles. The summed E-state index contributed by atoms with van der Waals surface area (Å²) < 4.78 is 0. The van der Waals surface area contributed by atoms with Crippen molar-refractivity contribution >= 4 is 19.9 Å². The van der Waals surface area contributed by atoms with Gasteiger partial charge in [-0.25, -0.2) is 6.07 Å². The minimum Gasteiger partial charge on any atom is -0.211 e. The third kappa shape index (κ3) is 9.93. The zero-order chi connectivity index (χ0) is 21.8. The van der Waals surface area contributed by atoms with Crippen LogP contribution in [-0.2, 0) is 32.6 Å². The van der Waals surface area contributed by atoms with E-state index < -0.39 is 0 Å². The SMILES string of the molecule is CCCc1cc[cH-]c1.Cc1c[c-](C)c(C)c1C.[Zr+2].c1ccc([SiH]c2ccccc2)cc1. The van der Waals surface area contributed by atoms with Crippen LogP contribution in [0.2, 0.25) is 0 Å². The first-order valence-electron chi connectivity index (χ1n) is 10.9. The van der Waals surface area contributed by atoms with Gasteiger partial charge in [0, 0.05) is 0 Å². The molecule has 0 unspecified atom stereocenters. The molecule has 0 spiro atoms. The molecule has 0 aliphatic heterocycles. The van der Waals surface area contributed by atoms with Gasteiger partial charge in [0.05, 0.1) is 0 Å². The van der Waals surface area contributed by atoms with E-state index in [0.29, 0.717) is 0 Å². The van der Waals surface area contributed by atoms with E-state index in [9.17, 15) is 0 Å². The summed E-state index contributed by atoms with van der Waals surface area (Å²) in [5.41, 5.74) is 7.21. The van der Waals surface area contributed by atoms with Crippen molar-refractivity contribution in [1.29, 1.82) is 0 Å². The van der Waals surface area contributed by atoms with Crippen molar-refractivity contribution in [3.63, 3.8) is 0 Å². The summed E-state index contributed by atoms with van der Waals surface area (Å²) >= 11 is 0. The Kier molecular flexibility index (Phi) is 13.3. The summed E-state index contributed by atoms with van der Waals surface area (Å²) in [4.78, 5) is 0. The molecule has 0 bridgehead atoms. The van der Waals surface area contributed by atoms with Crippen LogP contribution in [-0.4, -0.2) is 9.52 Å². The van der Waals surface area contributed by atoms with Crippen LogP contribution in [0.3, 0.4) is 0 Å². The number of aryl methyl sites for hydroxylation is 3. The molecule has 4 rings (SSSR count). The van der Waals surface area contributed by atoms with Gasteiger partial charge in [-0.1, -0.05) is 118 Å². The van der Waals surface area contributed by atoms with E-state index >= 15 is 0 Å². The second-order valence-electron chi connectivity index (χ2n) is 7.77. The molecule has 0 heterocycles. The van der Waals surface area contributed by atoms with Crippen LogP contribution in [0.25, 0.3) is 0 Å². The second kappa shape index (κ2) is 15.1. The van der Waals surface area contributed by atoms with Gasteiger partial charge in [-0.05, 0) is 0 Å². The van der Waals surface area contributed by atoms with Crippen molar-refractivity contribution in [3.05, 3.63) is 119 Å². The monoisotopic (exact) mass is 501 g/mol. The molecule has 0 N–H and O–H groups in total. The van der Waals surface area contributed by atoms with Crippen LogP contribution in [0.15, 0.2) is 91.0 Å². The van der Waals surface area contributed by atoms with E-state index in [0.717, 1.165) is 0 Å². The fraction of sp³-hybridized carbons (Fsp3) is 0.241. The van der Waals surface area contributed by atoms with Gasteiger partial charge in [-0.3, -0.25) is 0 Å². The van der Waals surface area contributed by atoms with Crippen molar-refractivity contribution in [2.24, 2.45) is 0 Å². The van der Waals surface area contributed by atoms with Crippen LogP contribution in [0.4, 0.5) is 0 Å². The third-order valence-corrected chi connectivity index (χ3v) is 6.82. The molecule has 0 atom stereocenters. The summed E-state index contributed by atoms with van der Waals surface area (Å²) in [6, 6.07) is 32.1. The molecule has 0 saturated heterocycles. The summed E-state index contributed by atoms with van der Waals surface area (Å²) in [7, 11) is 0.271. The molecule has 0 fully saturated rings. The zero-order valence-corrected chi connectivity index (χ0v) is 23.3. The van der Waals surface area contributed by atoms with Gasteiger partial charge in [0.25, 0.3) is 0 Å². The molecule has 159 valence electrons. The van der Waals surface area contributed by atoms with E-state index in [1.807, 2.05) is 0 Å². The summed E-state index contributed by atoms with van der Waals surface area (Å²) in [6.07, 6.45) is 2.48. The van der Waals surface area contributed by atoms with E-state index in [2.05, 4.69) is 126 Å². The first-order chi connectivity index (χ1) is 14.5. The molecule has 4 aromatic carbocycles. The van der Waals surface area contributed by atoms with Crippen molar-refractivity contribution in [2.75, 3.05) is 0 Å². The molecular weight excluding hydrogens is 468 g/mol. The fourth-order valence-corrected chi connectivity index (χ4v) is 4.51. The number of benzene rings is 2. The molecule has 4 aromatic rings. The average Bonchev–Trinajstić information content (AvgIpc) is 3.35. The van der Waals surface area contributed by atoms with Crippen molar-refractivity contribution in [1.82, 2.24) is 0 Å². The summed E-state index contributed by atoms with van der Waals surface area (Å²) in [5, 5.41) is 2.90. The van der Waals surface area contributed by atoms with E-state index in [1.165, 1.54) is 51.0 Å². The maximum atomic E-state index is 2.24. The quantitative estimate of drug-likeness (QED) is 0.235. The van der Waals surface area contributed by atoms with Crippen LogP contribution in [0.5, 0.6) is 0 Å². The van der Waals surface area contributed by atoms with E-state index in [1.54, 1.807) is 0 Å². The van der Waals surface area contributed by atoms with E-state index in [4.69, 9.17) is 0 Å². The molecule has 31 heavy (non-hydrogen) atoms. The molecule has 0 aliphatic carbocycles. The first-order valence-corrected chi connectivity index (χ1v) is 12.0. The van der Waals surface area contributed by atoms with Gasteiger partial charge < -0.3 is 0 Å². The maximum absolute atomic E-state index is 2.24. The topological polar surface area (TPSA) is 0 Å². The largest absolute Gasteiger partial charge is 2.00 e. The number of hydrogen-bond donors (Lipinski definition) is 0. The van der Waals surface area contributed by atoms with Crippen LogP contribution >= 0.6 is 0 Å². The minimum atomic E-state index is 0. The number of rotatable bonds is 4. The van der Waals surface area contributed by atoms with Gasteiger partial charge >= 0.3 is 26.2 Å². The predicted molar refractivity (Wildman–Crippen MR) is 136 cm³/mol. The third-order valence-electron chi connectivity index (χ3n) is 5.38. The molecule has 2 heteroatoms. The van der Waals surface area contributed by atoms with Gasteiger partial charge in [-0.2, -0.15) is 52.1 Å². The molecule has 0 aromatic heterocycles. The standard InChI is InChI=1S/C12H11Si.C9H13.C8H11.Zr/c1-3-7-11(8-4-1)13-12-9-5-2-6-10-12;1-6-5-7(2)9(4)8(6)3;1-2-5-8-6-3-4-7-8;/h1-10,13H;5H,1-4H3;3-4,6-7H,2,5H2,1H3;/q;2*-1;+2. The van der Waals surface area contributed by atoms with E-state index in [-0.39, 0.29) is 35.7 Å². The fourth-order valence-electron chi connectivity index (χ4n) is 3.29. The molecule has 0 amide bonds. The number of hydrogen-bond acceptors (Lipinski definition) is 0. The van der Waals surface area contributed by atoms with Crippen molar-refractivity contribution in [3.8, 4) is 0 Å². The Bertz CT molecular complexity index is 891. The van der Waals surface area contributed by atoms with Gasteiger partial charge in [0.2, 0.25) is 0 Å². The van der Waals surface area contributed by atoms with Gasteiger partial charge in [0.15, 0.2) is 0 Å².